The molecule has 11 N–H and O–H groups in total. The molecule has 1 unspecified atom stereocenters. The molecule has 79 heavy (non-hydrogen) atoms. The van der Waals surface area contributed by atoms with Gasteiger partial charge in [0.2, 0.25) is 35.4 Å². The van der Waals surface area contributed by atoms with Gasteiger partial charge in [-0.1, -0.05) is 96.5 Å². The summed E-state index contributed by atoms with van der Waals surface area (Å²) in [6.45, 7) is 3.78. The van der Waals surface area contributed by atoms with Gasteiger partial charge in [0.15, 0.2) is 0 Å². The zero-order chi connectivity index (χ0) is 57.3. The quantitative estimate of drug-likeness (QED) is 0.0236. The molecule has 0 aromatic carbocycles. The van der Waals surface area contributed by atoms with Crippen LogP contribution < -0.4 is 31.9 Å². The maximum Gasteiger partial charge on any atom is 0.326 e. The van der Waals surface area contributed by atoms with Crippen molar-refractivity contribution < 1.29 is 128 Å². The number of nitrogens with one attached hydrogen (secondary N) is 7. The first-order valence-corrected chi connectivity index (χ1v) is 27.1. The number of unbranched alkanes of at least 4 members (excludes halogenated alkanes) is 14. The molecule has 1 radical (unpaired) electrons. The van der Waals surface area contributed by atoms with Crippen molar-refractivity contribution in [2.24, 2.45) is 0 Å². The van der Waals surface area contributed by atoms with Gasteiger partial charge in [-0.2, -0.15) is 0 Å². The summed E-state index contributed by atoms with van der Waals surface area (Å²) in [5.41, 5.74) is 7.31. The average Bonchev–Trinajstić information content (AvgIpc) is 3.38. The van der Waals surface area contributed by atoms with Crippen molar-refractivity contribution in [3.05, 3.63) is 18.1 Å². The van der Waals surface area contributed by atoms with Crippen molar-refractivity contribution in [2.45, 2.75) is 185 Å². The Kier molecular flexibility index (Phi) is 53.9. The second-order valence-corrected chi connectivity index (χ2v) is 18.6. The van der Waals surface area contributed by atoms with Gasteiger partial charge >= 0.3 is 17.9 Å². The van der Waals surface area contributed by atoms with Gasteiger partial charge in [0, 0.05) is 92.8 Å². The molecule has 0 aliphatic carbocycles. The SMILES string of the molecule is C=C(O)CCCCCCCCCCCCCCCCC(=O)N[C@@H](CCC(=O)NCCOCCOCC(=O)NCCOCCOCC(=O)NC(CCC(=O)N[C@@H](CCC(=O)NCCCC[C@H]([NH-])[C-]=O)C(=O)O)C(=O)O)C(=O)O.[HH].[V].[W]. The Labute approximate surface area is 492 Å². The maximum absolute atomic E-state index is 12.4. The van der Waals surface area contributed by atoms with E-state index in [0.717, 1.165) is 32.1 Å². The van der Waals surface area contributed by atoms with Crippen molar-refractivity contribution in [3.63, 3.8) is 0 Å². The van der Waals surface area contributed by atoms with Crippen molar-refractivity contribution in [2.75, 3.05) is 72.5 Å². The number of ether oxygens (including phenoxy) is 4. The number of aliphatic hydroxyl groups excluding tert-OH is 1. The molecule has 0 spiro atoms. The van der Waals surface area contributed by atoms with Crippen LogP contribution in [0.25, 0.3) is 5.73 Å². The Balaban J connectivity index is -0.00000963. The summed E-state index contributed by atoms with van der Waals surface area (Å²) < 4.78 is 21.2. The van der Waals surface area contributed by atoms with Gasteiger partial charge in [-0.05, 0) is 38.5 Å². The van der Waals surface area contributed by atoms with Crippen LogP contribution in [0.15, 0.2) is 12.3 Å². The summed E-state index contributed by atoms with van der Waals surface area (Å²) in [4.78, 5) is 119. The molecule has 0 fully saturated rings. The number of carboxylic acids is 3. The first-order chi connectivity index (χ1) is 36.9. The number of hydrogen-bond donors (Lipinski definition) is 10. The second-order valence-electron chi connectivity index (χ2n) is 18.6. The normalized spacial score (nSPS) is 12.2. The van der Waals surface area contributed by atoms with Crippen LogP contribution in [0.3, 0.4) is 0 Å². The molecule has 4 atom stereocenters. The molecule has 25 nitrogen and oxygen atoms in total. The largest absolute Gasteiger partial charge is 0.698 e. The zero-order valence-corrected chi connectivity index (χ0v) is 50.2. The van der Waals surface area contributed by atoms with Crippen LogP contribution in [-0.4, -0.2) is 177 Å². The van der Waals surface area contributed by atoms with Crippen molar-refractivity contribution >= 4 is 59.6 Å². The van der Waals surface area contributed by atoms with E-state index in [1.165, 1.54) is 51.4 Å². The summed E-state index contributed by atoms with van der Waals surface area (Å²) in [5.74, 6) is -6.97. The van der Waals surface area contributed by atoms with E-state index in [4.69, 9.17) is 29.8 Å². The minimum absolute atomic E-state index is 0. The predicted molar refractivity (Wildman–Crippen MR) is 284 cm³/mol. The van der Waals surface area contributed by atoms with E-state index >= 15 is 0 Å². The standard InChI is InChI=1S/C52H89N7O18.V.W.H2/c1-39(61)18-14-12-10-8-6-4-2-3-5-7-9-11-13-15-20-46(64)57-41(50(68)69)22-25-45(63)55-28-30-74-32-34-76-37-48(66)56-29-31-75-33-35-77-38-49(67)59-43(52(72)73)23-26-47(65)58-42(51(70)71)21-24-44(62)54-27-17-16-19-40(53)36-60;;;/h40-43,53,61H,1-35,37-38H2,(H,54,62)(H,55,63)(H,56,66)(H,57,64)(H,58,65)(H,59,67)(H,68,69)(H,70,71)(H,72,73);;;1H/q-2;;;/t40-,41-,42-,43?;;;/m0.../s1. The number of hydrogen-bond acceptors (Lipinski definition) is 15. The van der Waals surface area contributed by atoms with Crippen LogP contribution >= 0.6 is 0 Å². The van der Waals surface area contributed by atoms with Crippen LogP contribution in [0.5, 0.6) is 0 Å². The summed E-state index contributed by atoms with van der Waals surface area (Å²) in [7, 11) is 0. The Morgan fingerprint density at radius 3 is 1.18 bits per heavy atom. The van der Waals surface area contributed by atoms with Gasteiger partial charge in [-0.25, -0.2) is 20.4 Å². The summed E-state index contributed by atoms with van der Waals surface area (Å²) >= 11 is 0. The molecule has 0 heterocycles. The molecule has 0 aliphatic heterocycles. The van der Waals surface area contributed by atoms with E-state index in [9.17, 15) is 63.3 Å². The number of aliphatic carboxylic acids is 3. The smallest absolute Gasteiger partial charge is 0.326 e. The second kappa shape index (κ2) is 54.1. The molecule has 0 saturated carbocycles. The summed E-state index contributed by atoms with van der Waals surface area (Å²) in [6, 6.07) is -5.02. The topological polar surface area (TPSA) is 385 Å². The van der Waals surface area contributed by atoms with Crippen molar-refractivity contribution in [3.8, 4) is 0 Å². The molecule has 0 aromatic rings. The van der Waals surface area contributed by atoms with E-state index in [1.54, 1.807) is 6.29 Å². The minimum atomic E-state index is -1.48. The van der Waals surface area contributed by atoms with Crippen LogP contribution in [0.4, 0.5) is 0 Å². The van der Waals surface area contributed by atoms with E-state index in [2.05, 4.69) is 38.5 Å². The fourth-order valence-corrected chi connectivity index (χ4v) is 7.39. The van der Waals surface area contributed by atoms with E-state index in [1.807, 2.05) is 0 Å². The molecule has 6 amide bonds. The third-order valence-corrected chi connectivity index (χ3v) is 11.7. The number of amides is 6. The van der Waals surface area contributed by atoms with Gasteiger partial charge < -0.3 is 81.8 Å². The van der Waals surface area contributed by atoms with E-state index in [0.29, 0.717) is 32.1 Å². The van der Waals surface area contributed by atoms with Crippen LogP contribution in [0.2, 0.25) is 0 Å². The Morgan fingerprint density at radius 2 is 0.759 bits per heavy atom. The molecule has 0 rings (SSSR count). The molecule has 455 valence electrons. The van der Waals surface area contributed by atoms with Gasteiger partial charge in [0.05, 0.1) is 45.4 Å². The van der Waals surface area contributed by atoms with Crippen LogP contribution in [0.1, 0.15) is 162 Å². The first kappa shape index (κ1) is 78.7. The number of carboxylic acid groups (broad SMARTS) is 3. The van der Waals surface area contributed by atoms with Crippen molar-refractivity contribution in [1.82, 2.24) is 31.9 Å². The van der Waals surface area contributed by atoms with E-state index < -0.39 is 78.7 Å². The molecule has 0 saturated heterocycles. The summed E-state index contributed by atoms with van der Waals surface area (Å²) in [6.07, 6.45) is 18.1. The average molecular weight is 1340 g/mol. The molecule has 0 aromatic heterocycles. The number of allylic oxidation sites excluding steroid dienone is 1. The molecule has 0 aliphatic rings. The monoisotopic (exact) mass is 1340 g/mol. The number of carbonyl (C=O) groups excluding carboxylic acids is 7. The Hall–Kier alpha value is -4.49. The Bertz CT molecular complexity index is 1750. The van der Waals surface area contributed by atoms with E-state index in [-0.39, 0.29) is 163 Å². The molecule has 27 heteroatoms. The van der Waals surface area contributed by atoms with Crippen LogP contribution in [0, 0.1) is 0 Å². The Morgan fingerprint density at radius 1 is 0.418 bits per heavy atom. The third kappa shape index (κ3) is 51.4. The number of rotatable bonds is 54. The molecular formula is C52H91N7O18VW-2. The minimum Gasteiger partial charge on any atom is -0.698 e. The fourth-order valence-electron chi connectivity index (χ4n) is 7.39. The maximum atomic E-state index is 12.4. The summed E-state index contributed by atoms with van der Waals surface area (Å²) in [5, 5.41) is 52.4. The number of carbonyl (C=O) groups is 9. The number of aliphatic hydroxyl groups is 1. The van der Waals surface area contributed by atoms with Crippen molar-refractivity contribution in [1.29, 1.82) is 0 Å². The zero-order valence-electron chi connectivity index (χ0n) is 45.8. The van der Waals surface area contributed by atoms with Gasteiger partial charge in [0.1, 0.15) is 31.3 Å². The third-order valence-electron chi connectivity index (χ3n) is 11.7. The molecular weight excluding hydrogens is 1250 g/mol. The van der Waals surface area contributed by atoms with Gasteiger partial charge in [0.25, 0.3) is 0 Å². The van der Waals surface area contributed by atoms with Gasteiger partial charge in [-0.15, -0.1) is 0 Å². The first-order valence-electron chi connectivity index (χ1n) is 27.1. The fraction of sp³-hybridized carbons (Fsp3) is 0.769. The molecule has 0 bridgehead atoms. The van der Waals surface area contributed by atoms with Gasteiger partial charge in [-0.3, -0.25) is 35.1 Å². The predicted octanol–water partition coefficient (Wildman–Crippen LogP) is 3.71. The van der Waals surface area contributed by atoms with Crippen LogP contribution in [-0.2, 0) is 107 Å².